The molecule has 0 spiro atoms. The van der Waals surface area contributed by atoms with Crippen molar-refractivity contribution in [3.63, 3.8) is 0 Å². The third-order valence-corrected chi connectivity index (χ3v) is 2.01. The predicted octanol–water partition coefficient (Wildman–Crippen LogP) is 0.368. The van der Waals surface area contributed by atoms with E-state index in [9.17, 15) is 4.79 Å². The van der Waals surface area contributed by atoms with Gasteiger partial charge in [-0.3, -0.25) is 9.47 Å². The fourth-order valence-electron chi connectivity index (χ4n) is 1.52. The van der Waals surface area contributed by atoms with Crippen molar-refractivity contribution in [3.8, 4) is 0 Å². The van der Waals surface area contributed by atoms with Crippen LogP contribution in [0.4, 0.5) is 0 Å². The number of aryl methyl sites for hydroxylation is 2. The van der Waals surface area contributed by atoms with E-state index in [1.54, 1.807) is 29.5 Å². The molecule has 0 aliphatic rings. The fraction of sp³-hybridized carbons (Fsp3) is 0.222. The zero-order chi connectivity index (χ0) is 10.1. The van der Waals surface area contributed by atoms with Gasteiger partial charge in [-0.2, -0.15) is 0 Å². The number of rotatable bonds is 1. The summed E-state index contributed by atoms with van der Waals surface area (Å²) in [5.41, 5.74) is 1.73. The van der Waals surface area contributed by atoms with E-state index in [2.05, 4.69) is 10.2 Å². The van der Waals surface area contributed by atoms with Gasteiger partial charge in [-0.05, 0) is 13.8 Å². The first kappa shape index (κ1) is 8.68. The lowest BCUT2D eigenvalue weighted by Gasteiger charge is -2.13. The molecule has 72 valence electrons. The van der Waals surface area contributed by atoms with Gasteiger partial charge >= 0.3 is 0 Å². The molecule has 0 fully saturated rings. The van der Waals surface area contributed by atoms with Crippen LogP contribution in [0.2, 0.25) is 0 Å². The minimum Gasteiger partial charge on any atom is -0.290 e. The minimum absolute atomic E-state index is 0.0179. The Morgan fingerprint density at radius 2 is 1.57 bits per heavy atom. The first-order chi connectivity index (χ1) is 6.68. The largest absolute Gasteiger partial charge is 0.290 e. The van der Waals surface area contributed by atoms with Crippen LogP contribution in [0.3, 0.4) is 0 Å². The second kappa shape index (κ2) is 3.10. The lowest BCUT2D eigenvalue weighted by Crippen LogP contribution is -2.17. The maximum Gasteiger partial charge on any atom is 0.182 e. The van der Waals surface area contributed by atoms with Crippen LogP contribution in [0.15, 0.2) is 29.6 Å². The number of hydrogen-bond donors (Lipinski definition) is 0. The van der Waals surface area contributed by atoms with Crippen molar-refractivity contribution >= 4 is 0 Å². The van der Waals surface area contributed by atoms with E-state index in [0.717, 1.165) is 11.4 Å². The highest BCUT2D eigenvalue weighted by molar-refractivity contribution is 5.12. The van der Waals surface area contributed by atoms with Crippen LogP contribution in [0.5, 0.6) is 0 Å². The first-order valence-corrected chi connectivity index (χ1v) is 4.24. The second-order valence-corrected chi connectivity index (χ2v) is 3.13. The normalized spacial score (nSPS) is 10.4. The third-order valence-electron chi connectivity index (χ3n) is 2.01. The van der Waals surface area contributed by atoms with Gasteiger partial charge in [0, 0.05) is 23.5 Å². The van der Waals surface area contributed by atoms with E-state index in [-0.39, 0.29) is 5.43 Å². The summed E-state index contributed by atoms with van der Waals surface area (Å²) < 4.78 is 3.59. The van der Waals surface area contributed by atoms with Gasteiger partial charge in [0.15, 0.2) is 5.43 Å². The molecule has 0 atom stereocenters. The molecule has 0 bridgehead atoms. The number of aromatic nitrogens is 4. The highest BCUT2D eigenvalue weighted by atomic mass is 16.1. The summed E-state index contributed by atoms with van der Waals surface area (Å²) in [7, 11) is 0. The maximum absolute atomic E-state index is 11.2. The smallest absolute Gasteiger partial charge is 0.182 e. The first-order valence-electron chi connectivity index (χ1n) is 4.24. The highest BCUT2D eigenvalue weighted by Gasteiger charge is 2.02. The van der Waals surface area contributed by atoms with Crippen LogP contribution < -0.4 is 5.43 Å². The molecule has 0 saturated heterocycles. The molecule has 0 aliphatic carbocycles. The Morgan fingerprint density at radius 1 is 1.07 bits per heavy atom. The molecule has 0 amide bonds. The molecule has 14 heavy (non-hydrogen) atoms. The van der Waals surface area contributed by atoms with Gasteiger partial charge in [-0.15, -0.1) is 10.2 Å². The summed E-state index contributed by atoms with van der Waals surface area (Å²) in [5.74, 6) is 0. The molecule has 2 aromatic rings. The molecule has 5 nitrogen and oxygen atoms in total. The SMILES string of the molecule is Cc1cc(=O)cc(C)n1-n1cnnc1. The molecule has 0 radical (unpaired) electrons. The van der Waals surface area contributed by atoms with Gasteiger partial charge in [0.25, 0.3) is 0 Å². The van der Waals surface area contributed by atoms with E-state index in [0.29, 0.717) is 0 Å². The second-order valence-electron chi connectivity index (χ2n) is 3.13. The monoisotopic (exact) mass is 190 g/mol. The zero-order valence-electron chi connectivity index (χ0n) is 8.01. The minimum atomic E-state index is 0.0179. The summed E-state index contributed by atoms with van der Waals surface area (Å²) in [6, 6.07) is 3.15. The molecule has 0 unspecified atom stereocenters. The van der Waals surface area contributed by atoms with Crippen molar-refractivity contribution in [1.82, 2.24) is 19.5 Å². The van der Waals surface area contributed by atoms with Crippen LogP contribution in [0.25, 0.3) is 0 Å². The molecule has 0 N–H and O–H groups in total. The zero-order valence-corrected chi connectivity index (χ0v) is 8.01. The van der Waals surface area contributed by atoms with Crippen LogP contribution in [-0.2, 0) is 0 Å². The maximum atomic E-state index is 11.2. The van der Waals surface area contributed by atoms with E-state index >= 15 is 0 Å². The summed E-state index contributed by atoms with van der Waals surface area (Å²) >= 11 is 0. The van der Waals surface area contributed by atoms with Gasteiger partial charge in [-0.1, -0.05) is 0 Å². The van der Waals surface area contributed by atoms with Crippen molar-refractivity contribution < 1.29 is 0 Å². The predicted molar refractivity (Wildman–Crippen MR) is 51.0 cm³/mol. The Labute approximate surface area is 80.6 Å². The third kappa shape index (κ3) is 1.32. The molecule has 2 aromatic heterocycles. The Bertz CT molecular complexity index is 472. The van der Waals surface area contributed by atoms with Gasteiger partial charge in [0.1, 0.15) is 12.7 Å². The van der Waals surface area contributed by atoms with Gasteiger partial charge < -0.3 is 0 Å². The Balaban J connectivity index is 2.70. The number of nitrogens with zero attached hydrogens (tertiary/aromatic N) is 4. The van der Waals surface area contributed by atoms with Crippen molar-refractivity contribution in [2.75, 3.05) is 0 Å². The lowest BCUT2D eigenvalue weighted by atomic mass is 10.3. The van der Waals surface area contributed by atoms with E-state index in [1.165, 1.54) is 0 Å². The Hall–Kier alpha value is -1.91. The van der Waals surface area contributed by atoms with E-state index in [1.807, 2.05) is 18.5 Å². The van der Waals surface area contributed by atoms with Crippen LogP contribution >= 0.6 is 0 Å². The molecule has 0 saturated carbocycles. The van der Waals surface area contributed by atoms with Crippen molar-refractivity contribution in [2.24, 2.45) is 0 Å². The molecule has 0 aliphatic heterocycles. The Morgan fingerprint density at radius 3 is 2.07 bits per heavy atom. The number of pyridine rings is 1. The van der Waals surface area contributed by atoms with Crippen molar-refractivity contribution in [1.29, 1.82) is 0 Å². The van der Waals surface area contributed by atoms with Crippen LogP contribution in [0.1, 0.15) is 11.4 Å². The van der Waals surface area contributed by atoms with Gasteiger partial charge in [0.2, 0.25) is 0 Å². The topological polar surface area (TPSA) is 52.7 Å². The number of hydrogen-bond acceptors (Lipinski definition) is 3. The molecule has 2 rings (SSSR count). The lowest BCUT2D eigenvalue weighted by molar-refractivity contribution is 0.607. The van der Waals surface area contributed by atoms with Crippen LogP contribution in [0, 0.1) is 13.8 Å². The Kier molecular flexibility index (Phi) is 1.92. The molecule has 0 aromatic carbocycles. The fourth-order valence-corrected chi connectivity index (χ4v) is 1.52. The van der Waals surface area contributed by atoms with E-state index < -0.39 is 0 Å². The van der Waals surface area contributed by atoms with Crippen LogP contribution in [-0.4, -0.2) is 19.5 Å². The van der Waals surface area contributed by atoms with Gasteiger partial charge in [0.05, 0.1) is 0 Å². The molecule has 2 heterocycles. The summed E-state index contributed by atoms with van der Waals surface area (Å²) in [6.07, 6.45) is 3.18. The summed E-state index contributed by atoms with van der Waals surface area (Å²) in [4.78, 5) is 11.2. The highest BCUT2D eigenvalue weighted by Crippen LogP contribution is 2.01. The van der Waals surface area contributed by atoms with E-state index in [4.69, 9.17) is 0 Å². The molecular formula is C9H10N4O. The van der Waals surface area contributed by atoms with Crippen molar-refractivity contribution in [2.45, 2.75) is 13.8 Å². The summed E-state index contributed by atoms with van der Waals surface area (Å²) in [6.45, 7) is 3.74. The molecular weight excluding hydrogens is 180 g/mol. The average Bonchev–Trinajstić information content (AvgIpc) is 2.54. The summed E-state index contributed by atoms with van der Waals surface area (Å²) in [5, 5.41) is 7.43. The average molecular weight is 190 g/mol. The van der Waals surface area contributed by atoms with Crippen molar-refractivity contribution in [3.05, 3.63) is 46.4 Å². The quantitative estimate of drug-likeness (QED) is 0.652. The standard InChI is InChI=1S/C9H10N4O/c1-7-3-9(14)4-8(2)13(7)12-5-10-11-6-12/h3-6H,1-2H3. The van der Waals surface area contributed by atoms with Gasteiger partial charge in [-0.25, -0.2) is 4.68 Å². The molecule has 5 heteroatoms.